The van der Waals surface area contributed by atoms with Gasteiger partial charge >= 0.3 is 5.63 Å². The number of nitrogens with zero attached hydrogens (tertiary/aromatic N) is 1. The van der Waals surface area contributed by atoms with E-state index in [0.717, 1.165) is 21.7 Å². The van der Waals surface area contributed by atoms with Crippen LogP contribution in [0.1, 0.15) is 5.56 Å². The summed E-state index contributed by atoms with van der Waals surface area (Å²) in [5.41, 5.74) is 2.41. The molecule has 0 bridgehead atoms. The summed E-state index contributed by atoms with van der Waals surface area (Å²) < 4.78 is 11.2. The molecule has 0 fully saturated rings. The first-order chi connectivity index (χ1) is 13.2. The van der Waals surface area contributed by atoms with Crippen molar-refractivity contribution in [1.29, 1.82) is 0 Å². The lowest BCUT2D eigenvalue weighted by Crippen LogP contribution is -2.00. The summed E-state index contributed by atoms with van der Waals surface area (Å²) in [5.74, 6) is 0.0734. The molecular formula is C22H13NO4. The van der Waals surface area contributed by atoms with E-state index in [2.05, 4.69) is 4.99 Å². The summed E-state index contributed by atoms with van der Waals surface area (Å²) in [6.45, 7) is 0. The predicted octanol–water partition coefficient (Wildman–Crippen LogP) is 5.15. The maximum atomic E-state index is 12.0. The van der Waals surface area contributed by atoms with Crippen molar-refractivity contribution in [3.63, 3.8) is 0 Å². The molecule has 0 aliphatic rings. The average Bonchev–Trinajstić information content (AvgIpc) is 3.03. The van der Waals surface area contributed by atoms with E-state index in [1.807, 2.05) is 30.3 Å². The first kappa shape index (κ1) is 15.4. The van der Waals surface area contributed by atoms with Crippen LogP contribution in [-0.2, 0) is 0 Å². The number of benzene rings is 3. The van der Waals surface area contributed by atoms with E-state index < -0.39 is 5.63 Å². The summed E-state index contributed by atoms with van der Waals surface area (Å²) in [6, 6.07) is 19.6. The lowest BCUT2D eigenvalue weighted by molar-refractivity contribution is 0.477. The summed E-state index contributed by atoms with van der Waals surface area (Å²) in [6.07, 6.45) is 1.56. The fourth-order valence-electron chi connectivity index (χ4n) is 3.22. The highest BCUT2D eigenvalue weighted by Crippen LogP contribution is 2.32. The van der Waals surface area contributed by atoms with Gasteiger partial charge in [0.05, 0.1) is 0 Å². The number of para-hydroxylation sites is 3. The van der Waals surface area contributed by atoms with E-state index in [4.69, 9.17) is 8.83 Å². The van der Waals surface area contributed by atoms with Gasteiger partial charge < -0.3 is 13.9 Å². The highest BCUT2D eigenvalue weighted by atomic mass is 16.4. The molecule has 0 radical (unpaired) electrons. The van der Waals surface area contributed by atoms with Gasteiger partial charge in [-0.05, 0) is 24.3 Å². The lowest BCUT2D eigenvalue weighted by Gasteiger charge is -2.02. The zero-order chi connectivity index (χ0) is 18.4. The van der Waals surface area contributed by atoms with Crippen molar-refractivity contribution in [3.05, 3.63) is 82.7 Å². The fraction of sp³-hybridized carbons (Fsp3) is 0. The molecule has 0 saturated heterocycles. The van der Waals surface area contributed by atoms with Crippen LogP contribution in [0.4, 0.5) is 5.69 Å². The van der Waals surface area contributed by atoms with Gasteiger partial charge in [-0.25, -0.2) is 4.79 Å². The smallest absolute Gasteiger partial charge is 0.336 e. The van der Waals surface area contributed by atoms with Gasteiger partial charge in [-0.1, -0.05) is 30.3 Å². The van der Waals surface area contributed by atoms with Crippen LogP contribution in [0.3, 0.4) is 0 Å². The number of phenols is 1. The minimum absolute atomic E-state index is 0.0734. The molecule has 5 rings (SSSR count). The Morgan fingerprint density at radius 1 is 0.778 bits per heavy atom. The minimum Gasteiger partial charge on any atom is -0.506 e. The number of hydrogen-bond donors (Lipinski definition) is 1. The quantitative estimate of drug-likeness (QED) is 0.351. The Hall–Kier alpha value is -3.86. The molecule has 2 heterocycles. The van der Waals surface area contributed by atoms with Crippen molar-refractivity contribution >= 4 is 44.8 Å². The molecule has 3 aromatic carbocycles. The summed E-state index contributed by atoms with van der Waals surface area (Å²) in [5, 5.41) is 12.5. The first-order valence-corrected chi connectivity index (χ1v) is 8.40. The molecule has 0 spiro atoms. The Bertz CT molecular complexity index is 1410. The van der Waals surface area contributed by atoms with Crippen molar-refractivity contribution in [2.75, 3.05) is 0 Å². The van der Waals surface area contributed by atoms with Gasteiger partial charge in [0.15, 0.2) is 0 Å². The van der Waals surface area contributed by atoms with Crippen molar-refractivity contribution < 1.29 is 13.9 Å². The number of rotatable bonds is 2. The van der Waals surface area contributed by atoms with Gasteiger partial charge in [0, 0.05) is 40.1 Å². The topological polar surface area (TPSA) is 75.9 Å². The van der Waals surface area contributed by atoms with E-state index in [1.165, 1.54) is 6.07 Å². The predicted molar refractivity (Wildman–Crippen MR) is 105 cm³/mol. The SMILES string of the molecule is O=c1cc(C=Nc2ccccc2O)c2cc3c(cc2o1)oc1ccccc13. The lowest BCUT2D eigenvalue weighted by atomic mass is 10.1. The van der Waals surface area contributed by atoms with Gasteiger partial charge in [0.1, 0.15) is 28.2 Å². The number of phenolic OH excluding ortho intramolecular Hbond substituents is 1. The molecule has 0 unspecified atom stereocenters. The van der Waals surface area contributed by atoms with Gasteiger partial charge in [-0.3, -0.25) is 4.99 Å². The normalized spacial score (nSPS) is 11.9. The van der Waals surface area contributed by atoms with Crippen LogP contribution < -0.4 is 5.63 Å². The fourth-order valence-corrected chi connectivity index (χ4v) is 3.22. The molecule has 0 aliphatic carbocycles. The van der Waals surface area contributed by atoms with Crippen LogP contribution in [0.2, 0.25) is 0 Å². The molecule has 0 amide bonds. The van der Waals surface area contributed by atoms with Gasteiger partial charge in [-0.15, -0.1) is 0 Å². The first-order valence-electron chi connectivity index (χ1n) is 8.40. The van der Waals surface area contributed by atoms with E-state index in [1.54, 1.807) is 36.5 Å². The third-order valence-electron chi connectivity index (χ3n) is 4.50. The standard InChI is InChI=1S/C22H13NO4/c24-18-7-3-2-6-17(18)23-12-13-9-22(25)27-20-11-21-16(10-15(13)20)14-5-1-4-8-19(14)26-21/h1-12,24H. The molecule has 27 heavy (non-hydrogen) atoms. The van der Waals surface area contributed by atoms with Gasteiger partial charge in [0.2, 0.25) is 0 Å². The molecule has 0 saturated carbocycles. The number of aromatic hydroxyl groups is 1. The van der Waals surface area contributed by atoms with Crippen molar-refractivity contribution in [1.82, 2.24) is 0 Å². The molecular weight excluding hydrogens is 342 g/mol. The van der Waals surface area contributed by atoms with Crippen molar-refractivity contribution in [2.24, 2.45) is 4.99 Å². The van der Waals surface area contributed by atoms with E-state index >= 15 is 0 Å². The van der Waals surface area contributed by atoms with Gasteiger partial charge in [-0.2, -0.15) is 0 Å². The van der Waals surface area contributed by atoms with Crippen LogP contribution in [0.5, 0.6) is 5.75 Å². The Morgan fingerprint density at radius 3 is 2.44 bits per heavy atom. The van der Waals surface area contributed by atoms with Crippen LogP contribution in [0.15, 0.2) is 85.4 Å². The summed E-state index contributed by atoms with van der Waals surface area (Å²) in [4.78, 5) is 16.3. The molecule has 2 aromatic heterocycles. The molecule has 5 nitrogen and oxygen atoms in total. The molecule has 0 aliphatic heterocycles. The zero-order valence-corrected chi connectivity index (χ0v) is 14.0. The summed E-state index contributed by atoms with van der Waals surface area (Å²) >= 11 is 0. The Balaban J connectivity index is 1.77. The zero-order valence-electron chi connectivity index (χ0n) is 14.0. The monoisotopic (exact) mass is 355 g/mol. The summed E-state index contributed by atoms with van der Waals surface area (Å²) in [7, 11) is 0. The third kappa shape index (κ3) is 2.57. The molecule has 5 aromatic rings. The second-order valence-corrected chi connectivity index (χ2v) is 6.21. The van der Waals surface area contributed by atoms with Crippen molar-refractivity contribution in [2.45, 2.75) is 0 Å². The van der Waals surface area contributed by atoms with Crippen LogP contribution in [-0.4, -0.2) is 11.3 Å². The Labute approximate surface area is 152 Å². The molecule has 130 valence electrons. The van der Waals surface area contributed by atoms with Crippen LogP contribution in [0.25, 0.3) is 32.9 Å². The largest absolute Gasteiger partial charge is 0.506 e. The minimum atomic E-state index is -0.475. The van der Waals surface area contributed by atoms with Crippen LogP contribution in [0, 0.1) is 0 Å². The maximum Gasteiger partial charge on any atom is 0.336 e. The average molecular weight is 355 g/mol. The molecule has 5 heteroatoms. The molecule has 1 N–H and O–H groups in total. The number of aliphatic imine (C=N–C) groups is 1. The van der Waals surface area contributed by atoms with E-state index in [-0.39, 0.29) is 5.75 Å². The Morgan fingerprint density at radius 2 is 1.56 bits per heavy atom. The van der Waals surface area contributed by atoms with Crippen molar-refractivity contribution in [3.8, 4) is 5.75 Å². The van der Waals surface area contributed by atoms with E-state index in [9.17, 15) is 9.90 Å². The number of hydrogen-bond acceptors (Lipinski definition) is 5. The highest BCUT2D eigenvalue weighted by molar-refractivity contribution is 6.11. The number of furan rings is 1. The molecule has 0 atom stereocenters. The highest BCUT2D eigenvalue weighted by Gasteiger charge is 2.12. The number of fused-ring (bicyclic) bond motifs is 4. The second-order valence-electron chi connectivity index (χ2n) is 6.21. The third-order valence-corrected chi connectivity index (χ3v) is 4.50. The van der Waals surface area contributed by atoms with Crippen LogP contribution >= 0.6 is 0 Å². The second kappa shape index (κ2) is 5.85. The van der Waals surface area contributed by atoms with E-state index in [0.29, 0.717) is 22.4 Å². The maximum absolute atomic E-state index is 12.0. The van der Waals surface area contributed by atoms with Gasteiger partial charge in [0.25, 0.3) is 0 Å². The Kier molecular flexibility index (Phi) is 3.33.